The highest BCUT2D eigenvalue weighted by atomic mass is 127. The Hall–Kier alpha value is -0.880. The summed E-state index contributed by atoms with van der Waals surface area (Å²) in [5, 5.41) is 2.93. The molecule has 0 fully saturated rings. The van der Waals surface area contributed by atoms with Gasteiger partial charge in [-0.1, -0.05) is 28.1 Å². The first-order chi connectivity index (χ1) is 8.58. The van der Waals surface area contributed by atoms with Crippen molar-refractivity contribution < 1.29 is 4.79 Å². The van der Waals surface area contributed by atoms with Crippen LogP contribution in [0.2, 0.25) is 0 Å². The van der Waals surface area contributed by atoms with Crippen molar-refractivity contribution >= 4 is 50.1 Å². The molecule has 0 bridgehead atoms. The summed E-state index contributed by atoms with van der Waals surface area (Å²) in [6.07, 6.45) is 0. The maximum absolute atomic E-state index is 12.2. The van der Waals surface area contributed by atoms with Crippen LogP contribution >= 0.6 is 38.5 Å². The highest BCUT2D eigenvalue weighted by molar-refractivity contribution is 14.1. The van der Waals surface area contributed by atoms with Crippen LogP contribution in [-0.2, 0) is 0 Å². The summed E-state index contributed by atoms with van der Waals surface area (Å²) in [5.74, 6) is -0.0795. The molecule has 2 aromatic carbocycles. The lowest BCUT2D eigenvalue weighted by Gasteiger charge is -2.09. The normalized spacial score (nSPS) is 10.2. The van der Waals surface area contributed by atoms with Gasteiger partial charge in [-0.05, 0) is 65.4 Å². The van der Waals surface area contributed by atoms with Crippen molar-refractivity contribution in [3.63, 3.8) is 0 Å². The summed E-state index contributed by atoms with van der Waals surface area (Å²) in [7, 11) is 0. The molecule has 0 radical (unpaired) electrons. The second-order valence-electron chi connectivity index (χ2n) is 3.89. The number of aryl methyl sites for hydroxylation is 1. The number of hydrogen-bond donors (Lipinski definition) is 1. The zero-order valence-corrected chi connectivity index (χ0v) is 13.4. The van der Waals surface area contributed by atoms with Crippen LogP contribution in [0.25, 0.3) is 0 Å². The summed E-state index contributed by atoms with van der Waals surface area (Å²) >= 11 is 5.60. The molecule has 0 atom stereocenters. The predicted octanol–water partition coefficient (Wildman–Crippen LogP) is 4.61. The van der Waals surface area contributed by atoms with E-state index in [0.717, 1.165) is 19.3 Å². The van der Waals surface area contributed by atoms with Gasteiger partial charge in [0.1, 0.15) is 0 Å². The summed E-state index contributed by atoms with van der Waals surface area (Å²) in [6, 6.07) is 13.3. The number of halogens is 2. The molecule has 2 rings (SSSR count). The van der Waals surface area contributed by atoms with E-state index in [2.05, 4.69) is 43.8 Å². The molecule has 0 saturated heterocycles. The highest BCUT2D eigenvalue weighted by Crippen LogP contribution is 2.20. The van der Waals surface area contributed by atoms with Crippen molar-refractivity contribution in [3.8, 4) is 0 Å². The van der Waals surface area contributed by atoms with E-state index in [0.29, 0.717) is 5.56 Å². The minimum atomic E-state index is -0.0795. The lowest BCUT2D eigenvalue weighted by Crippen LogP contribution is -2.14. The zero-order chi connectivity index (χ0) is 13.1. The first-order valence-electron chi connectivity index (χ1n) is 5.40. The van der Waals surface area contributed by atoms with Crippen LogP contribution in [0.5, 0.6) is 0 Å². The number of carbonyl (C=O) groups excluding carboxylic acids is 1. The Morgan fingerprint density at radius 3 is 2.61 bits per heavy atom. The minimum absolute atomic E-state index is 0.0795. The quantitative estimate of drug-likeness (QED) is 0.712. The lowest BCUT2D eigenvalue weighted by molar-refractivity contribution is 0.102. The minimum Gasteiger partial charge on any atom is -0.321 e. The van der Waals surface area contributed by atoms with Crippen LogP contribution in [-0.4, -0.2) is 5.91 Å². The van der Waals surface area contributed by atoms with Gasteiger partial charge >= 0.3 is 0 Å². The number of benzene rings is 2. The Morgan fingerprint density at radius 2 is 1.94 bits per heavy atom. The molecule has 4 heteroatoms. The van der Waals surface area contributed by atoms with Gasteiger partial charge in [-0.2, -0.15) is 0 Å². The van der Waals surface area contributed by atoms with Gasteiger partial charge in [-0.15, -0.1) is 0 Å². The Balaban J connectivity index is 2.25. The molecule has 0 saturated carbocycles. The van der Waals surface area contributed by atoms with E-state index in [4.69, 9.17) is 0 Å². The number of hydrogen-bond acceptors (Lipinski definition) is 1. The molecule has 0 spiro atoms. The lowest BCUT2D eigenvalue weighted by atomic mass is 10.1. The molecule has 0 unspecified atom stereocenters. The number of nitrogens with one attached hydrogen (secondary N) is 1. The molecule has 1 N–H and O–H groups in total. The van der Waals surface area contributed by atoms with Crippen LogP contribution in [0.15, 0.2) is 46.9 Å². The monoisotopic (exact) mass is 415 g/mol. The van der Waals surface area contributed by atoms with Crippen molar-refractivity contribution in [1.29, 1.82) is 0 Å². The Bertz CT molecular complexity index is 598. The van der Waals surface area contributed by atoms with Crippen molar-refractivity contribution in [2.45, 2.75) is 6.92 Å². The smallest absolute Gasteiger partial charge is 0.255 e. The SMILES string of the molecule is Cc1cc(Br)ccc1C(=O)Nc1ccccc1I. The summed E-state index contributed by atoms with van der Waals surface area (Å²) in [6.45, 7) is 1.93. The number of carbonyl (C=O) groups is 1. The average molecular weight is 416 g/mol. The Morgan fingerprint density at radius 1 is 1.22 bits per heavy atom. The van der Waals surface area contributed by atoms with Crippen molar-refractivity contribution in [3.05, 3.63) is 61.6 Å². The molecular weight excluding hydrogens is 405 g/mol. The fourth-order valence-electron chi connectivity index (χ4n) is 1.63. The van der Waals surface area contributed by atoms with E-state index < -0.39 is 0 Å². The predicted molar refractivity (Wildman–Crippen MR) is 86.0 cm³/mol. The van der Waals surface area contributed by atoms with Gasteiger partial charge in [0.05, 0.1) is 5.69 Å². The van der Waals surface area contributed by atoms with Crippen LogP contribution < -0.4 is 5.32 Å². The second-order valence-corrected chi connectivity index (χ2v) is 5.97. The van der Waals surface area contributed by atoms with Crippen LogP contribution in [0, 0.1) is 10.5 Å². The first-order valence-corrected chi connectivity index (χ1v) is 7.27. The third-order valence-electron chi connectivity index (χ3n) is 2.56. The van der Waals surface area contributed by atoms with Crippen molar-refractivity contribution in [1.82, 2.24) is 0 Å². The van der Waals surface area contributed by atoms with Gasteiger partial charge in [-0.3, -0.25) is 4.79 Å². The van der Waals surface area contributed by atoms with E-state index in [-0.39, 0.29) is 5.91 Å². The molecule has 0 aliphatic carbocycles. The van der Waals surface area contributed by atoms with Gasteiger partial charge in [0.2, 0.25) is 0 Å². The van der Waals surface area contributed by atoms with Gasteiger partial charge < -0.3 is 5.32 Å². The third-order valence-corrected chi connectivity index (χ3v) is 3.99. The van der Waals surface area contributed by atoms with Crippen LogP contribution in [0.1, 0.15) is 15.9 Å². The largest absolute Gasteiger partial charge is 0.321 e. The van der Waals surface area contributed by atoms with E-state index in [9.17, 15) is 4.79 Å². The standard InChI is InChI=1S/C14H11BrINO/c1-9-8-10(15)6-7-11(9)14(18)17-13-5-3-2-4-12(13)16/h2-8H,1H3,(H,17,18). The number of para-hydroxylation sites is 1. The van der Waals surface area contributed by atoms with E-state index in [1.165, 1.54) is 0 Å². The summed E-state index contributed by atoms with van der Waals surface area (Å²) < 4.78 is 2.00. The topological polar surface area (TPSA) is 29.1 Å². The highest BCUT2D eigenvalue weighted by Gasteiger charge is 2.10. The van der Waals surface area contributed by atoms with Gasteiger partial charge in [0.15, 0.2) is 0 Å². The Labute approximate surface area is 128 Å². The van der Waals surface area contributed by atoms with Gasteiger partial charge in [-0.25, -0.2) is 0 Å². The molecule has 0 heterocycles. The second kappa shape index (κ2) is 5.84. The summed E-state index contributed by atoms with van der Waals surface area (Å²) in [4.78, 5) is 12.2. The average Bonchev–Trinajstić information content (AvgIpc) is 2.32. The fourth-order valence-corrected chi connectivity index (χ4v) is 2.63. The van der Waals surface area contributed by atoms with Crippen molar-refractivity contribution in [2.75, 3.05) is 5.32 Å². The number of amides is 1. The molecule has 92 valence electrons. The third kappa shape index (κ3) is 3.11. The first kappa shape index (κ1) is 13.5. The molecule has 0 aliphatic rings. The number of anilines is 1. The van der Waals surface area contributed by atoms with Crippen molar-refractivity contribution in [2.24, 2.45) is 0 Å². The number of rotatable bonds is 2. The summed E-state index contributed by atoms with van der Waals surface area (Å²) in [5.41, 5.74) is 2.48. The maximum Gasteiger partial charge on any atom is 0.255 e. The van der Waals surface area contributed by atoms with E-state index in [1.807, 2.05) is 49.4 Å². The molecule has 0 aliphatic heterocycles. The van der Waals surface area contributed by atoms with Gasteiger partial charge in [0, 0.05) is 13.6 Å². The van der Waals surface area contributed by atoms with E-state index >= 15 is 0 Å². The Kier molecular flexibility index (Phi) is 4.40. The maximum atomic E-state index is 12.2. The molecule has 0 aromatic heterocycles. The van der Waals surface area contributed by atoms with Crippen LogP contribution in [0.3, 0.4) is 0 Å². The van der Waals surface area contributed by atoms with Gasteiger partial charge in [0.25, 0.3) is 5.91 Å². The fraction of sp³-hybridized carbons (Fsp3) is 0.0714. The van der Waals surface area contributed by atoms with Crippen LogP contribution in [0.4, 0.5) is 5.69 Å². The molecule has 18 heavy (non-hydrogen) atoms. The molecule has 2 nitrogen and oxygen atoms in total. The molecular formula is C14H11BrINO. The zero-order valence-electron chi connectivity index (χ0n) is 9.71. The van der Waals surface area contributed by atoms with E-state index in [1.54, 1.807) is 0 Å². The molecule has 1 amide bonds. The molecule has 2 aromatic rings.